The summed E-state index contributed by atoms with van der Waals surface area (Å²) in [6.07, 6.45) is 40.4. The number of phosphoric acid groups is 1. The highest BCUT2D eigenvalue weighted by atomic mass is 31.2. The lowest BCUT2D eigenvalue weighted by Gasteiger charge is -2.24. The van der Waals surface area contributed by atoms with E-state index in [0.717, 1.165) is 38.5 Å². The molecule has 0 bridgehead atoms. The zero-order chi connectivity index (χ0) is 42.3. The minimum atomic E-state index is -4.43. The van der Waals surface area contributed by atoms with Crippen LogP contribution in [0, 0.1) is 0 Å². The molecular weight excluding hydrogens is 741 g/mol. The van der Waals surface area contributed by atoms with E-state index in [-0.39, 0.29) is 26.1 Å². The molecule has 3 atom stereocenters. The molecule has 2 N–H and O–H groups in total. The fourth-order valence-electron chi connectivity index (χ4n) is 5.84. The Kier molecular flexibility index (Phi) is 36.8. The van der Waals surface area contributed by atoms with Gasteiger partial charge in [-0.1, -0.05) is 146 Å². The van der Waals surface area contributed by atoms with E-state index in [9.17, 15) is 24.2 Å². The molecule has 2 unspecified atom stereocenters. The summed E-state index contributed by atoms with van der Waals surface area (Å²) in [5, 5.41) is 10.3. The van der Waals surface area contributed by atoms with Crippen LogP contribution in [0.1, 0.15) is 174 Å². The first-order chi connectivity index (χ1) is 27.4. The fourth-order valence-corrected chi connectivity index (χ4v) is 6.58. The molecule has 332 valence electrons. The zero-order valence-electron chi connectivity index (χ0n) is 36.9. The number of likely N-dealkylation sites (N-methyl/N-ethyl adjacent to an activating group) is 1. The molecule has 0 aromatic heterocycles. The van der Waals surface area contributed by atoms with Crippen LogP contribution < -0.4 is 0 Å². The predicted molar refractivity (Wildman–Crippen MR) is 235 cm³/mol. The van der Waals surface area contributed by atoms with Crippen molar-refractivity contribution in [1.82, 2.24) is 0 Å². The molecular formula is C46H85NO9P+. The number of aliphatic hydroxyl groups is 1. The highest BCUT2D eigenvalue weighted by Crippen LogP contribution is 2.43. The summed E-state index contributed by atoms with van der Waals surface area (Å²) in [6, 6.07) is 0. The van der Waals surface area contributed by atoms with Gasteiger partial charge in [-0.25, -0.2) is 4.57 Å². The van der Waals surface area contributed by atoms with Crippen LogP contribution in [0.3, 0.4) is 0 Å². The van der Waals surface area contributed by atoms with Gasteiger partial charge < -0.3 is 24.0 Å². The molecule has 0 spiro atoms. The van der Waals surface area contributed by atoms with Crippen molar-refractivity contribution in [2.24, 2.45) is 0 Å². The summed E-state index contributed by atoms with van der Waals surface area (Å²) in [4.78, 5) is 35.4. The molecule has 0 rings (SSSR count). The molecule has 11 heteroatoms. The Morgan fingerprint density at radius 1 is 0.632 bits per heavy atom. The van der Waals surface area contributed by atoms with E-state index in [2.05, 4.69) is 38.2 Å². The number of phosphoric ester groups is 1. The second-order valence-electron chi connectivity index (χ2n) is 16.3. The molecule has 0 heterocycles. The van der Waals surface area contributed by atoms with Crippen molar-refractivity contribution < 1.29 is 47.2 Å². The summed E-state index contributed by atoms with van der Waals surface area (Å²) in [7, 11) is 1.36. The molecule has 0 aliphatic rings. The van der Waals surface area contributed by atoms with Gasteiger partial charge in [-0.15, -0.1) is 0 Å². The van der Waals surface area contributed by atoms with E-state index in [1.807, 2.05) is 33.3 Å². The number of nitrogens with zero attached hydrogens (tertiary/aromatic N) is 1. The third-order valence-electron chi connectivity index (χ3n) is 9.44. The number of aliphatic hydroxyl groups excluding tert-OH is 1. The number of carbonyl (C=O) groups excluding carboxylic acids is 2. The Labute approximate surface area is 348 Å². The van der Waals surface area contributed by atoms with Gasteiger partial charge in [0.1, 0.15) is 19.8 Å². The molecule has 0 saturated heterocycles. The number of rotatable bonds is 40. The van der Waals surface area contributed by atoms with Crippen LogP contribution in [0.15, 0.2) is 48.6 Å². The van der Waals surface area contributed by atoms with Crippen LogP contribution in [0.25, 0.3) is 0 Å². The Hall–Kier alpha value is -2.07. The van der Waals surface area contributed by atoms with Gasteiger partial charge >= 0.3 is 19.8 Å². The first-order valence-electron chi connectivity index (χ1n) is 22.5. The first kappa shape index (κ1) is 54.9. The van der Waals surface area contributed by atoms with Gasteiger partial charge in [0.2, 0.25) is 0 Å². The van der Waals surface area contributed by atoms with Crippen molar-refractivity contribution in [3.8, 4) is 0 Å². The number of allylic oxidation sites excluding steroid dienone is 7. The molecule has 0 saturated carbocycles. The van der Waals surface area contributed by atoms with Crippen LogP contribution in [0.5, 0.6) is 0 Å². The minimum Gasteiger partial charge on any atom is -0.462 e. The van der Waals surface area contributed by atoms with Crippen LogP contribution in [-0.4, -0.2) is 86.1 Å². The van der Waals surface area contributed by atoms with E-state index >= 15 is 0 Å². The van der Waals surface area contributed by atoms with Crippen molar-refractivity contribution in [3.63, 3.8) is 0 Å². The quantitative estimate of drug-likeness (QED) is 0.0155. The number of hydrogen-bond acceptors (Lipinski definition) is 8. The van der Waals surface area contributed by atoms with Crippen LogP contribution in [0.4, 0.5) is 0 Å². The third-order valence-corrected chi connectivity index (χ3v) is 10.4. The molecule has 0 aromatic carbocycles. The van der Waals surface area contributed by atoms with Gasteiger partial charge in [0.05, 0.1) is 33.9 Å². The van der Waals surface area contributed by atoms with Crippen LogP contribution >= 0.6 is 7.82 Å². The SMILES string of the molecule is CCCCCC/C=C\CCCCCCCCCC(=O)OC[C@H](COP(=O)(O)OCC[N+](C)(C)C)OC(=O)CCCC(O)/C=C/C=C/C/C=C/CCCCCCCC. The number of esters is 2. The van der Waals surface area contributed by atoms with Gasteiger partial charge in [0.15, 0.2) is 6.10 Å². The van der Waals surface area contributed by atoms with Gasteiger partial charge in [0, 0.05) is 12.8 Å². The molecule has 10 nitrogen and oxygen atoms in total. The van der Waals surface area contributed by atoms with Crippen LogP contribution in [-0.2, 0) is 32.7 Å². The molecule has 57 heavy (non-hydrogen) atoms. The summed E-state index contributed by atoms with van der Waals surface area (Å²) < 4.78 is 34.1. The van der Waals surface area contributed by atoms with E-state index in [1.165, 1.54) is 89.9 Å². The largest absolute Gasteiger partial charge is 0.472 e. The normalized spacial score (nSPS) is 14.6. The zero-order valence-corrected chi connectivity index (χ0v) is 37.8. The Balaban J connectivity index is 4.55. The lowest BCUT2D eigenvalue weighted by molar-refractivity contribution is -0.870. The maximum absolute atomic E-state index is 12.7. The summed E-state index contributed by atoms with van der Waals surface area (Å²) in [6.45, 7) is 4.17. The minimum absolute atomic E-state index is 0.00373. The van der Waals surface area contributed by atoms with E-state index in [4.69, 9.17) is 18.5 Å². The molecule has 0 amide bonds. The van der Waals surface area contributed by atoms with E-state index in [1.54, 1.807) is 12.2 Å². The van der Waals surface area contributed by atoms with Gasteiger partial charge in [0.25, 0.3) is 0 Å². The van der Waals surface area contributed by atoms with Crippen molar-refractivity contribution in [2.45, 2.75) is 187 Å². The maximum Gasteiger partial charge on any atom is 0.472 e. The second kappa shape index (κ2) is 38.2. The number of unbranched alkanes of at least 4 members (excludes halogenated alkanes) is 17. The second-order valence-corrected chi connectivity index (χ2v) is 17.7. The van der Waals surface area contributed by atoms with Crippen molar-refractivity contribution in [1.29, 1.82) is 0 Å². The van der Waals surface area contributed by atoms with Gasteiger partial charge in [-0.05, 0) is 64.2 Å². The maximum atomic E-state index is 12.7. The molecule has 0 aliphatic carbocycles. The average Bonchev–Trinajstić information content (AvgIpc) is 3.15. The Morgan fingerprint density at radius 2 is 1.16 bits per heavy atom. The predicted octanol–water partition coefficient (Wildman–Crippen LogP) is 11.7. The smallest absolute Gasteiger partial charge is 0.462 e. The topological polar surface area (TPSA) is 129 Å². The molecule has 0 aliphatic heterocycles. The highest BCUT2D eigenvalue weighted by molar-refractivity contribution is 7.47. The average molecular weight is 827 g/mol. The highest BCUT2D eigenvalue weighted by Gasteiger charge is 2.27. The van der Waals surface area contributed by atoms with Gasteiger partial charge in [-0.3, -0.25) is 18.6 Å². The number of hydrogen-bond donors (Lipinski definition) is 2. The summed E-state index contributed by atoms with van der Waals surface area (Å²) >= 11 is 0. The van der Waals surface area contributed by atoms with Crippen molar-refractivity contribution in [3.05, 3.63) is 48.6 Å². The lowest BCUT2D eigenvalue weighted by Crippen LogP contribution is -2.37. The summed E-state index contributed by atoms with van der Waals surface area (Å²) in [5.41, 5.74) is 0. The number of quaternary nitrogens is 1. The van der Waals surface area contributed by atoms with E-state index < -0.39 is 38.6 Å². The summed E-state index contributed by atoms with van der Waals surface area (Å²) in [5.74, 6) is -1.00. The first-order valence-corrected chi connectivity index (χ1v) is 24.0. The monoisotopic (exact) mass is 827 g/mol. The van der Waals surface area contributed by atoms with Gasteiger partial charge in [-0.2, -0.15) is 0 Å². The standard InChI is InChI=1S/C46H84NO9P/c1-6-8-10-12-14-16-18-20-21-23-25-27-29-31-33-37-45(49)53-41-44(42-55-57(51,52)54-40-39-47(3,4)5)56-46(50)38-34-36-43(48)35-32-30-28-26-24-22-19-17-15-13-11-9-7-2/h16,18,22,24,28,30,32,35,43-44,48H,6-15,17,19-21,23,25-27,29,31,33-34,36-42H2,1-5H3/p+1/b18-16-,24-22+,30-28+,35-32+/t43?,44-/m1/s1. The number of carbonyl (C=O) groups is 2. The Morgan fingerprint density at radius 3 is 1.75 bits per heavy atom. The van der Waals surface area contributed by atoms with Crippen molar-refractivity contribution in [2.75, 3.05) is 47.5 Å². The Bertz CT molecular complexity index is 1130. The molecule has 0 aromatic rings. The molecule has 0 radical (unpaired) electrons. The van der Waals surface area contributed by atoms with Crippen molar-refractivity contribution >= 4 is 19.8 Å². The lowest BCUT2D eigenvalue weighted by atomic mass is 10.1. The molecule has 0 fully saturated rings. The van der Waals surface area contributed by atoms with E-state index in [0.29, 0.717) is 30.3 Å². The third kappa shape index (κ3) is 41.9. The number of ether oxygens (including phenoxy) is 2. The fraction of sp³-hybridized carbons (Fsp3) is 0.783. The van der Waals surface area contributed by atoms with Crippen LogP contribution in [0.2, 0.25) is 0 Å².